The van der Waals surface area contributed by atoms with Gasteiger partial charge in [-0.25, -0.2) is 14.3 Å². The molecule has 0 saturated carbocycles. The molecule has 0 aliphatic heterocycles. The maximum atomic E-state index is 10.9. The molecule has 0 saturated heterocycles. The van der Waals surface area contributed by atoms with Crippen LogP contribution >= 0.6 is 0 Å². The van der Waals surface area contributed by atoms with Gasteiger partial charge < -0.3 is 5.11 Å². The third kappa shape index (κ3) is 1.73. The Morgan fingerprint density at radius 1 is 1.50 bits per heavy atom. The fourth-order valence-electron chi connectivity index (χ4n) is 1.57. The number of nitrogens with zero attached hydrogens (tertiary/aromatic N) is 4. The summed E-state index contributed by atoms with van der Waals surface area (Å²) in [4.78, 5) is 18.9. The molecule has 0 spiro atoms. The van der Waals surface area contributed by atoms with Gasteiger partial charge in [0.15, 0.2) is 5.69 Å². The number of carboxylic acids is 1. The van der Waals surface area contributed by atoms with E-state index in [9.17, 15) is 4.79 Å². The monoisotopic (exact) mass is 220 g/mol. The molecule has 6 heteroatoms. The summed E-state index contributed by atoms with van der Waals surface area (Å²) in [5.41, 5.74) is 0.842. The molecule has 1 N–H and O–H groups in total. The van der Waals surface area contributed by atoms with Crippen molar-refractivity contribution in [1.82, 2.24) is 19.6 Å². The molecule has 0 aliphatic carbocycles. The highest BCUT2D eigenvalue weighted by atomic mass is 16.4. The average molecular weight is 220 g/mol. The van der Waals surface area contributed by atoms with E-state index in [0.29, 0.717) is 11.6 Å². The lowest BCUT2D eigenvalue weighted by Crippen LogP contribution is -2.07. The summed E-state index contributed by atoms with van der Waals surface area (Å²) in [7, 11) is 0. The fraction of sp³-hybridized carbons (Fsp3) is 0.400. The molecule has 2 aromatic rings. The van der Waals surface area contributed by atoms with Crippen molar-refractivity contribution in [3.63, 3.8) is 0 Å². The van der Waals surface area contributed by atoms with Crippen LogP contribution in [0, 0.1) is 6.92 Å². The number of aromatic nitrogens is 4. The number of hydrogen-bond acceptors (Lipinski definition) is 4. The maximum Gasteiger partial charge on any atom is 0.354 e. The predicted octanol–water partition coefficient (Wildman–Crippen LogP) is 1.08. The Hall–Kier alpha value is -1.98. The van der Waals surface area contributed by atoms with E-state index in [4.69, 9.17) is 5.11 Å². The number of carbonyl (C=O) groups is 1. The summed E-state index contributed by atoms with van der Waals surface area (Å²) >= 11 is 0. The third-order valence-electron chi connectivity index (χ3n) is 2.22. The molecule has 0 fully saturated rings. The van der Waals surface area contributed by atoms with Crippen LogP contribution in [-0.4, -0.2) is 30.7 Å². The van der Waals surface area contributed by atoms with Crippen LogP contribution in [0.25, 0.3) is 5.78 Å². The maximum absolute atomic E-state index is 10.9. The van der Waals surface area contributed by atoms with Crippen molar-refractivity contribution in [2.24, 2.45) is 0 Å². The van der Waals surface area contributed by atoms with E-state index in [2.05, 4.69) is 15.1 Å². The fourth-order valence-corrected chi connectivity index (χ4v) is 1.57. The molecule has 0 radical (unpaired) electrons. The van der Waals surface area contributed by atoms with Gasteiger partial charge in [-0.05, 0) is 19.4 Å². The van der Waals surface area contributed by atoms with E-state index >= 15 is 0 Å². The minimum Gasteiger partial charge on any atom is -0.477 e. The Morgan fingerprint density at radius 3 is 2.88 bits per heavy atom. The molecule has 16 heavy (non-hydrogen) atoms. The molecular formula is C10H12N4O2. The highest BCUT2D eigenvalue weighted by Gasteiger charge is 2.12. The molecule has 0 aliphatic rings. The number of hydrogen-bond donors (Lipinski definition) is 1. The van der Waals surface area contributed by atoms with Gasteiger partial charge in [0.05, 0.1) is 0 Å². The number of aromatic carboxylic acids is 1. The van der Waals surface area contributed by atoms with Crippen LogP contribution in [0.5, 0.6) is 0 Å². The average Bonchev–Trinajstić information content (AvgIpc) is 2.58. The number of rotatable bonds is 3. The largest absolute Gasteiger partial charge is 0.477 e. The Bertz CT molecular complexity index is 547. The van der Waals surface area contributed by atoms with Crippen molar-refractivity contribution >= 4 is 11.7 Å². The second kappa shape index (κ2) is 3.88. The smallest absolute Gasteiger partial charge is 0.354 e. The summed E-state index contributed by atoms with van der Waals surface area (Å²) < 4.78 is 1.60. The van der Waals surface area contributed by atoms with E-state index in [1.807, 2.05) is 6.92 Å². The first-order valence-corrected chi connectivity index (χ1v) is 5.08. The van der Waals surface area contributed by atoms with Gasteiger partial charge in [0.2, 0.25) is 0 Å². The lowest BCUT2D eigenvalue weighted by Gasteiger charge is -2.02. The zero-order valence-corrected chi connectivity index (χ0v) is 9.14. The van der Waals surface area contributed by atoms with Gasteiger partial charge in [-0.3, -0.25) is 0 Å². The van der Waals surface area contributed by atoms with Crippen molar-refractivity contribution < 1.29 is 9.90 Å². The molecule has 0 amide bonds. The van der Waals surface area contributed by atoms with E-state index < -0.39 is 5.97 Å². The second-order valence-electron chi connectivity index (χ2n) is 3.56. The summed E-state index contributed by atoms with van der Waals surface area (Å²) in [6.45, 7) is 3.78. The first-order chi connectivity index (χ1) is 7.61. The molecule has 2 rings (SSSR count). The van der Waals surface area contributed by atoms with Crippen LogP contribution in [0.1, 0.15) is 35.4 Å². The summed E-state index contributed by atoms with van der Waals surface area (Å²) in [6.07, 6.45) is 1.67. The van der Waals surface area contributed by atoms with Gasteiger partial charge in [0.1, 0.15) is 5.82 Å². The molecule has 0 atom stereocenters. The van der Waals surface area contributed by atoms with Crippen molar-refractivity contribution in [3.05, 3.63) is 23.3 Å². The van der Waals surface area contributed by atoms with Gasteiger partial charge in [-0.1, -0.05) is 13.3 Å². The van der Waals surface area contributed by atoms with Crippen molar-refractivity contribution in [3.8, 4) is 0 Å². The van der Waals surface area contributed by atoms with Gasteiger partial charge in [0.25, 0.3) is 5.78 Å². The molecule has 84 valence electrons. The van der Waals surface area contributed by atoms with E-state index in [1.165, 1.54) is 0 Å². The zero-order chi connectivity index (χ0) is 11.7. The molecule has 6 nitrogen and oxygen atoms in total. The first-order valence-electron chi connectivity index (χ1n) is 5.08. The van der Waals surface area contributed by atoms with Crippen LogP contribution in [0.2, 0.25) is 0 Å². The molecule has 0 aromatic carbocycles. The van der Waals surface area contributed by atoms with Crippen LogP contribution in [0.15, 0.2) is 6.07 Å². The van der Waals surface area contributed by atoms with Gasteiger partial charge in [-0.2, -0.15) is 10.1 Å². The zero-order valence-electron chi connectivity index (χ0n) is 9.14. The molecule has 2 heterocycles. The van der Waals surface area contributed by atoms with E-state index in [1.54, 1.807) is 17.5 Å². The van der Waals surface area contributed by atoms with Crippen molar-refractivity contribution in [1.29, 1.82) is 0 Å². The Balaban J connectivity index is 2.67. The van der Waals surface area contributed by atoms with Crippen LogP contribution < -0.4 is 0 Å². The Morgan fingerprint density at radius 2 is 2.25 bits per heavy atom. The summed E-state index contributed by atoms with van der Waals surface area (Å²) in [5, 5.41) is 13.1. The van der Waals surface area contributed by atoms with Crippen molar-refractivity contribution in [2.45, 2.75) is 26.7 Å². The third-order valence-corrected chi connectivity index (χ3v) is 2.22. The topological polar surface area (TPSA) is 80.4 Å². The lowest BCUT2D eigenvalue weighted by atomic mass is 10.2. The normalized spacial score (nSPS) is 10.9. The van der Waals surface area contributed by atoms with E-state index in [-0.39, 0.29) is 5.69 Å². The number of carboxylic acid groups (broad SMARTS) is 1. The van der Waals surface area contributed by atoms with Crippen LogP contribution in [-0.2, 0) is 6.42 Å². The summed E-state index contributed by atoms with van der Waals surface area (Å²) in [5.74, 6) is -0.103. The van der Waals surface area contributed by atoms with E-state index in [0.717, 1.165) is 18.5 Å². The SMILES string of the molecule is CCCc1cc(C(=O)O)nc2nc(C)nn12. The highest BCUT2D eigenvalue weighted by Crippen LogP contribution is 2.09. The Labute approximate surface area is 92.0 Å². The number of aryl methyl sites for hydroxylation is 2. The molecule has 0 bridgehead atoms. The van der Waals surface area contributed by atoms with Crippen molar-refractivity contribution in [2.75, 3.05) is 0 Å². The predicted molar refractivity (Wildman–Crippen MR) is 56.5 cm³/mol. The summed E-state index contributed by atoms with van der Waals surface area (Å²) in [6, 6.07) is 1.55. The highest BCUT2D eigenvalue weighted by molar-refractivity contribution is 5.85. The van der Waals surface area contributed by atoms with Gasteiger partial charge in [-0.15, -0.1) is 0 Å². The minimum atomic E-state index is -1.04. The standard InChI is InChI=1S/C10H12N4O2/c1-3-4-7-5-8(9(15)16)12-10-11-6(2)13-14(7)10/h5H,3-4H2,1-2H3,(H,15,16). The van der Waals surface area contributed by atoms with Gasteiger partial charge in [0, 0.05) is 5.69 Å². The minimum absolute atomic E-state index is 0.0170. The van der Waals surface area contributed by atoms with Crippen LogP contribution in [0.3, 0.4) is 0 Å². The molecule has 0 unspecified atom stereocenters. The van der Waals surface area contributed by atoms with Gasteiger partial charge >= 0.3 is 5.97 Å². The quantitative estimate of drug-likeness (QED) is 0.837. The Kier molecular flexibility index (Phi) is 2.55. The first kappa shape index (κ1) is 10.5. The molecular weight excluding hydrogens is 208 g/mol. The molecule has 2 aromatic heterocycles. The van der Waals surface area contributed by atoms with Crippen LogP contribution in [0.4, 0.5) is 0 Å². The lowest BCUT2D eigenvalue weighted by molar-refractivity contribution is 0.0690. The second-order valence-corrected chi connectivity index (χ2v) is 3.56. The number of fused-ring (bicyclic) bond motifs is 1.